The van der Waals surface area contributed by atoms with Crippen molar-refractivity contribution in [1.29, 1.82) is 0 Å². The Morgan fingerprint density at radius 1 is 1.15 bits per heavy atom. The lowest BCUT2D eigenvalue weighted by molar-refractivity contribution is -0.119. The Morgan fingerprint density at radius 2 is 1.96 bits per heavy atom. The summed E-state index contributed by atoms with van der Waals surface area (Å²) in [5, 5.41) is 13.8. The second kappa shape index (κ2) is 7.56. The van der Waals surface area contributed by atoms with Gasteiger partial charge in [0.25, 0.3) is 0 Å². The standard InChI is InChI=1S/C21H25N5O/c1-15-5-7-26(8-6-15)14-20(27)11-19-10-17-9-16(3-4-21(17)24-23-19)18-12-22-25(2)13-18/h3-4,9-10,12-13,15H,5-8,11,14H2,1-2H3. The molecule has 6 heteroatoms. The first-order valence-electron chi connectivity index (χ1n) is 9.56. The van der Waals surface area contributed by atoms with E-state index >= 15 is 0 Å². The Bertz CT molecular complexity index is 956. The molecular weight excluding hydrogens is 338 g/mol. The largest absolute Gasteiger partial charge is 0.298 e. The van der Waals surface area contributed by atoms with Crippen LogP contribution in [0.2, 0.25) is 0 Å². The molecule has 1 aliphatic rings. The fourth-order valence-electron chi connectivity index (χ4n) is 3.65. The molecular formula is C21H25N5O. The monoisotopic (exact) mass is 363 g/mol. The van der Waals surface area contributed by atoms with E-state index in [1.165, 1.54) is 12.8 Å². The minimum Gasteiger partial charge on any atom is -0.298 e. The Kier molecular flexibility index (Phi) is 4.99. The Hall–Kier alpha value is -2.60. The smallest absolute Gasteiger partial charge is 0.152 e. The molecule has 6 nitrogen and oxygen atoms in total. The third-order valence-corrected chi connectivity index (χ3v) is 5.33. The molecule has 0 aliphatic carbocycles. The van der Waals surface area contributed by atoms with Crippen LogP contribution in [0.3, 0.4) is 0 Å². The molecule has 140 valence electrons. The van der Waals surface area contributed by atoms with Gasteiger partial charge in [0.1, 0.15) is 0 Å². The van der Waals surface area contributed by atoms with Gasteiger partial charge in [-0.05, 0) is 55.6 Å². The van der Waals surface area contributed by atoms with E-state index in [2.05, 4.69) is 33.2 Å². The van der Waals surface area contributed by atoms with Crippen molar-refractivity contribution in [2.45, 2.75) is 26.2 Å². The van der Waals surface area contributed by atoms with Crippen LogP contribution in [0.4, 0.5) is 0 Å². The lowest BCUT2D eigenvalue weighted by Gasteiger charge is -2.29. The number of ketones is 1. The van der Waals surface area contributed by atoms with Gasteiger partial charge in [0.05, 0.1) is 30.4 Å². The van der Waals surface area contributed by atoms with E-state index in [4.69, 9.17) is 0 Å². The van der Waals surface area contributed by atoms with Crippen molar-refractivity contribution in [3.05, 3.63) is 42.4 Å². The number of aromatic nitrogens is 4. The van der Waals surface area contributed by atoms with Crippen LogP contribution >= 0.6 is 0 Å². The quantitative estimate of drug-likeness (QED) is 0.697. The van der Waals surface area contributed by atoms with E-state index in [0.29, 0.717) is 13.0 Å². The lowest BCUT2D eigenvalue weighted by Crippen LogP contribution is -2.37. The van der Waals surface area contributed by atoms with Gasteiger partial charge in [-0.15, -0.1) is 0 Å². The molecule has 1 aromatic carbocycles. The van der Waals surface area contributed by atoms with E-state index in [-0.39, 0.29) is 5.78 Å². The number of piperidine rings is 1. The number of fused-ring (bicyclic) bond motifs is 1. The fraction of sp³-hybridized carbons (Fsp3) is 0.429. The summed E-state index contributed by atoms with van der Waals surface area (Å²) in [7, 11) is 1.91. The van der Waals surface area contributed by atoms with Gasteiger partial charge in [-0.25, -0.2) is 0 Å². The van der Waals surface area contributed by atoms with Gasteiger partial charge < -0.3 is 0 Å². The first-order chi connectivity index (χ1) is 13.1. The summed E-state index contributed by atoms with van der Waals surface area (Å²) in [5.74, 6) is 0.985. The minimum atomic E-state index is 0.210. The third kappa shape index (κ3) is 4.22. The van der Waals surface area contributed by atoms with Gasteiger partial charge in [-0.3, -0.25) is 14.4 Å². The molecule has 0 radical (unpaired) electrons. The van der Waals surface area contributed by atoms with Crippen LogP contribution in [0, 0.1) is 5.92 Å². The van der Waals surface area contributed by atoms with E-state index in [9.17, 15) is 4.79 Å². The number of hydrogen-bond acceptors (Lipinski definition) is 5. The second-order valence-electron chi connectivity index (χ2n) is 7.69. The molecule has 1 aliphatic heterocycles. The van der Waals surface area contributed by atoms with Crippen molar-refractivity contribution in [3.8, 4) is 11.1 Å². The minimum absolute atomic E-state index is 0.210. The van der Waals surface area contributed by atoms with Crippen molar-refractivity contribution in [3.63, 3.8) is 0 Å². The fourth-order valence-corrected chi connectivity index (χ4v) is 3.65. The van der Waals surface area contributed by atoms with Crippen LogP contribution in [0.15, 0.2) is 36.7 Å². The van der Waals surface area contributed by atoms with Crippen LogP contribution in [0.1, 0.15) is 25.5 Å². The van der Waals surface area contributed by atoms with Gasteiger partial charge in [-0.1, -0.05) is 13.0 Å². The molecule has 3 heterocycles. The first-order valence-corrected chi connectivity index (χ1v) is 9.56. The van der Waals surface area contributed by atoms with E-state index in [1.54, 1.807) is 4.68 Å². The van der Waals surface area contributed by atoms with Crippen molar-refractivity contribution in [1.82, 2.24) is 24.9 Å². The SMILES string of the molecule is CC1CCN(CC(=O)Cc2cc3cc(-c4cnn(C)c4)ccc3nn2)CC1. The molecule has 0 amide bonds. The predicted molar refractivity (Wildman–Crippen MR) is 105 cm³/mol. The summed E-state index contributed by atoms with van der Waals surface area (Å²) in [6.07, 6.45) is 6.53. The van der Waals surface area contributed by atoms with Crippen LogP contribution < -0.4 is 0 Å². The summed E-state index contributed by atoms with van der Waals surface area (Å²) in [6, 6.07) is 8.06. The topological polar surface area (TPSA) is 63.9 Å². The average molecular weight is 363 g/mol. The van der Waals surface area contributed by atoms with Crippen molar-refractivity contribution in [2.75, 3.05) is 19.6 Å². The molecule has 0 spiro atoms. The van der Waals surface area contributed by atoms with E-state index in [1.807, 2.05) is 37.6 Å². The molecule has 0 unspecified atom stereocenters. The normalized spacial score (nSPS) is 16.1. The molecule has 3 aromatic rings. The zero-order valence-corrected chi connectivity index (χ0v) is 15.9. The zero-order chi connectivity index (χ0) is 18.8. The maximum atomic E-state index is 12.5. The molecule has 4 rings (SSSR count). The number of Topliss-reactive ketones (excluding diaryl/α,β-unsaturated/α-hetero) is 1. The van der Waals surface area contributed by atoms with Crippen LogP contribution in [0.25, 0.3) is 22.0 Å². The number of aryl methyl sites for hydroxylation is 1. The van der Waals surface area contributed by atoms with E-state index < -0.39 is 0 Å². The summed E-state index contributed by atoms with van der Waals surface area (Å²) >= 11 is 0. The van der Waals surface area contributed by atoms with Crippen LogP contribution in [0.5, 0.6) is 0 Å². The Morgan fingerprint density at radius 3 is 2.70 bits per heavy atom. The highest BCUT2D eigenvalue weighted by atomic mass is 16.1. The Balaban J connectivity index is 1.48. The second-order valence-corrected chi connectivity index (χ2v) is 7.69. The summed E-state index contributed by atoms with van der Waals surface area (Å²) in [5.41, 5.74) is 3.72. The molecule has 27 heavy (non-hydrogen) atoms. The maximum Gasteiger partial charge on any atom is 0.152 e. The van der Waals surface area contributed by atoms with Gasteiger partial charge in [0.15, 0.2) is 5.78 Å². The number of likely N-dealkylation sites (tertiary alicyclic amines) is 1. The van der Waals surface area contributed by atoms with Crippen molar-refractivity contribution < 1.29 is 4.79 Å². The van der Waals surface area contributed by atoms with Crippen LogP contribution in [-0.2, 0) is 18.3 Å². The maximum absolute atomic E-state index is 12.5. The number of carbonyl (C=O) groups excluding carboxylic acids is 1. The highest BCUT2D eigenvalue weighted by Gasteiger charge is 2.18. The summed E-state index contributed by atoms with van der Waals surface area (Å²) < 4.78 is 1.79. The molecule has 0 atom stereocenters. The molecule has 1 saturated heterocycles. The molecule has 0 saturated carbocycles. The number of nitrogens with zero attached hydrogens (tertiary/aromatic N) is 5. The van der Waals surface area contributed by atoms with Gasteiger partial charge in [-0.2, -0.15) is 15.3 Å². The molecule has 0 N–H and O–H groups in total. The first kappa shape index (κ1) is 17.8. The van der Waals surface area contributed by atoms with Crippen molar-refractivity contribution >= 4 is 16.7 Å². The van der Waals surface area contributed by atoms with Crippen molar-refractivity contribution in [2.24, 2.45) is 13.0 Å². The predicted octanol–water partition coefficient (Wildman–Crippen LogP) is 2.87. The lowest BCUT2D eigenvalue weighted by atomic mass is 9.99. The Labute approximate surface area is 159 Å². The van der Waals surface area contributed by atoms with Gasteiger partial charge in [0, 0.05) is 24.2 Å². The van der Waals surface area contributed by atoms with Gasteiger partial charge in [0.2, 0.25) is 0 Å². The molecule has 2 aromatic heterocycles. The third-order valence-electron chi connectivity index (χ3n) is 5.33. The van der Waals surface area contributed by atoms with E-state index in [0.717, 1.165) is 46.7 Å². The highest BCUT2D eigenvalue weighted by Crippen LogP contribution is 2.23. The molecule has 1 fully saturated rings. The number of hydrogen-bond donors (Lipinski definition) is 0. The number of rotatable bonds is 5. The zero-order valence-electron chi connectivity index (χ0n) is 15.9. The molecule has 0 bridgehead atoms. The summed E-state index contributed by atoms with van der Waals surface area (Å²) in [4.78, 5) is 14.7. The summed E-state index contributed by atoms with van der Waals surface area (Å²) in [6.45, 7) is 4.83. The number of benzene rings is 1. The van der Waals surface area contributed by atoms with Gasteiger partial charge >= 0.3 is 0 Å². The number of carbonyl (C=O) groups is 1. The van der Waals surface area contributed by atoms with Crippen LogP contribution in [-0.4, -0.2) is 50.3 Å². The average Bonchev–Trinajstić information content (AvgIpc) is 3.09. The highest BCUT2D eigenvalue weighted by molar-refractivity contribution is 5.86.